The summed E-state index contributed by atoms with van der Waals surface area (Å²) in [6, 6.07) is 12.0. The molecular weight excluding hydrogens is 380 g/mol. The van der Waals surface area contributed by atoms with Crippen LogP contribution in [0.1, 0.15) is 35.7 Å². The molecule has 0 radical (unpaired) electrons. The Morgan fingerprint density at radius 3 is 2.57 bits per heavy atom. The molecule has 3 N–H and O–H groups in total. The fourth-order valence-electron chi connectivity index (χ4n) is 3.54. The van der Waals surface area contributed by atoms with Gasteiger partial charge in [-0.2, -0.15) is 0 Å². The van der Waals surface area contributed by atoms with Crippen LogP contribution in [-0.2, 0) is 14.9 Å². The number of amides is 2. The lowest BCUT2D eigenvalue weighted by atomic mass is 9.74. The van der Waals surface area contributed by atoms with Crippen molar-refractivity contribution in [2.45, 2.75) is 25.2 Å². The van der Waals surface area contributed by atoms with E-state index in [2.05, 4.69) is 10.6 Å². The Balaban J connectivity index is 1.81. The molecule has 2 aromatic carbocycles. The third kappa shape index (κ3) is 4.46. The number of anilines is 1. The number of hydrogen-bond acceptors (Lipinski definition) is 4. The van der Waals surface area contributed by atoms with Gasteiger partial charge in [0.2, 0.25) is 5.91 Å². The summed E-state index contributed by atoms with van der Waals surface area (Å²) >= 11 is 6.44. The highest BCUT2D eigenvalue weighted by Gasteiger charge is 2.36. The molecule has 0 saturated carbocycles. The minimum absolute atomic E-state index is 0.104. The molecule has 2 aromatic rings. The van der Waals surface area contributed by atoms with E-state index in [4.69, 9.17) is 16.3 Å². The van der Waals surface area contributed by atoms with Crippen LogP contribution in [0.4, 0.5) is 5.69 Å². The summed E-state index contributed by atoms with van der Waals surface area (Å²) in [5, 5.41) is 16.3. The Morgan fingerprint density at radius 2 is 1.89 bits per heavy atom. The number of rotatable bonds is 5. The second-order valence-corrected chi connectivity index (χ2v) is 7.38. The maximum absolute atomic E-state index is 12.8. The van der Waals surface area contributed by atoms with Crippen LogP contribution in [0.15, 0.2) is 42.5 Å². The van der Waals surface area contributed by atoms with Gasteiger partial charge in [-0.15, -0.1) is 0 Å². The zero-order valence-electron chi connectivity index (χ0n) is 15.6. The average Bonchev–Trinajstić information content (AvgIpc) is 2.68. The number of phenolic OH excluding ortho intramolecular Hbond substituents is 1. The fraction of sp³-hybridized carbons (Fsp3) is 0.333. The van der Waals surface area contributed by atoms with E-state index in [1.807, 2.05) is 24.3 Å². The molecule has 0 aliphatic carbocycles. The molecule has 0 atom stereocenters. The molecule has 0 unspecified atom stereocenters. The predicted molar refractivity (Wildman–Crippen MR) is 108 cm³/mol. The van der Waals surface area contributed by atoms with Crippen LogP contribution in [0, 0.1) is 0 Å². The van der Waals surface area contributed by atoms with Crippen LogP contribution >= 0.6 is 11.6 Å². The number of phenols is 1. The molecule has 2 amide bonds. The van der Waals surface area contributed by atoms with Crippen molar-refractivity contribution in [2.75, 3.05) is 25.1 Å². The topological polar surface area (TPSA) is 87.7 Å². The van der Waals surface area contributed by atoms with Crippen molar-refractivity contribution >= 4 is 29.1 Å². The number of benzene rings is 2. The van der Waals surface area contributed by atoms with Gasteiger partial charge in [0.15, 0.2) is 0 Å². The third-order valence-corrected chi connectivity index (χ3v) is 5.37. The maximum Gasteiger partial charge on any atom is 0.255 e. The Morgan fingerprint density at radius 1 is 1.18 bits per heavy atom. The van der Waals surface area contributed by atoms with Crippen LogP contribution < -0.4 is 10.6 Å². The van der Waals surface area contributed by atoms with E-state index >= 15 is 0 Å². The Labute approximate surface area is 168 Å². The van der Waals surface area contributed by atoms with Gasteiger partial charge in [-0.05, 0) is 42.7 Å². The van der Waals surface area contributed by atoms with Crippen molar-refractivity contribution < 1.29 is 19.4 Å². The molecule has 0 bridgehead atoms. The predicted octanol–water partition coefficient (Wildman–Crippen LogP) is 3.48. The zero-order chi connectivity index (χ0) is 20.1. The quantitative estimate of drug-likeness (QED) is 0.668. The molecule has 7 heteroatoms. The first-order valence-electron chi connectivity index (χ1n) is 9.13. The van der Waals surface area contributed by atoms with E-state index in [1.165, 1.54) is 25.1 Å². The van der Waals surface area contributed by atoms with Gasteiger partial charge in [0.25, 0.3) is 5.91 Å². The molecule has 1 aliphatic heterocycles. The smallest absolute Gasteiger partial charge is 0.255 e. The van der Waals surface area contributed by atoms with E-state index in [1.54, 1.807) is 0 Å². The summed E-state index contributed by atoms with van der Waals surface area (Å²) in [4.78, 5) is 24.0. The normalized spacial score (nSPS) is 15.6. The first-order valence-corrected chi connectivity index (χ1v) is 9.51. The maximum atomic E-state index is 12.8. The van der Waals surface area contributed by atoms with Crippen molar-refractivity contribution in [3.05, 3.63) is 58.6 Å². The summed E-state index contributed by atoms with van der Waals surface area (Å²) in [5.41, 5.74) is 1.20. The van der Waals surface area contributed by atoms with E-state index in [9.17, 15) is 14.7 Å². The second kappa shape index (κ2) is 8.63. The molecule has 0 spiro atoms. The Hall–Kier alpha value is -2.57. The SMILES string of the molecule is CC(=O)Nc1ccc(O)c(C(=O)NCC2(c3ccccc3Cl)CCOCC2)c1. The lowest BCUT2D eigenvalue weighted by Crippen LogP contribution is -2.44. The molecule has 0 aromatic heterocycles. The Kier molecular flexibility index (Phi) is 6.21. The number of hydrogen-bond donors (Lipinski definition) is 3. The Bertz CT molecular complexity index is 878. The summed E-state index contributed by atoms with van der Waals surface area (Å²) in [5.74, 6) is -0.815. The van der Waals surface area contributed by atoms with E-state index < -0.39 is 5.91 Å². The lowest BCUT2D eigenvalue weighted by Gasteiger charge is -2.38. The molecule has 1 aliphatic rings. The summed E-state index contributed by atoms with van der Waals surface area (Å²) in [7, 11) is 0. The van der Waals surface area contributed by atoms with Gasteiger partial charge in [-0.25, -0.2) is 0 Å². The lowest BCUT2D eigenvalue weighted by molar-refractivity contribution is -0.114. The molecule has 1 heterocycles. The number of ether oxygens (including phenoxy) is 1. The van der Waals surface area contributed by atoms with Crippen molar-refractivity contribution in [3.63, 3.8) is 0 Å². The number of nitrogens with one attached hydrogen (secondary N) is 2. The molecule has 3 rings (SSSR count). The highest BCUT2D eigenvalue weighted by atomic mass is 35.5. The number of carbonyl (C=O) groups is 2. The van der Waals surface area contributed by atoms with Crippen molar-refractivity contribution in [1.82, 2.24) is 5.32 Å². The first kappa shape index (κ1) is 20.2. The van der Waals surface area contributed by atoms with Gasteiger partial charge in [-0.3, -0.25) is 9.59 Å². The van der Waals surface area contributed by atoms with Gasteiger partial charge >= 0.3 is 0 Å². The van der Waals surface area contributed by atoms with Crippen molar-refractivity contribution in [2.24, 2.45) is 0 Å². The monoisotopic (exact) mass is 402 g/mol. The molecular formula is C21H23ClN2O4. The molecule has 148 valence electrons. The highest BCUT2D eigenvalue weighted by Crippen LogP contribution is 2.38. The largest absolute Gasteiger partial charge is 0.507 e. The van der Waals surface area contributed by atoms with Crippen LogP contribution in [0.3, 0.4) is 0 Å². The highest BCUT2D eigenvalue weighted by molar-refractivity contribution is 6.31. The fourth-order valence-corrected chi connectivity index (χ4v) is 3.87. The summed E-state index contributed by atoms with van der Waals surface area (Å²) < 4.78 is 5.51. The van der Waals surface area contributed by atoms with Gasteiger partial charge in [0.1, 0.15) is 5.75 Å². The van der Waals surface area contributed by atoms with Gasteiger partial charge in [0, 0.05) is 42.8 Å². The standard InChI is InChI=1S/C21H23ClN2O4/c1-14(25)24-15-6-7-19(26)16(12-15)20(27)23-13-21(8-10-28-11-9-21)17-4-2-3-5-18(17)22/h2-7,12,26H,8-11,13H2,1H3,(H,23,27)(H,24,25). The molecule has 28 heavy (non-hydrogen) atoms. The zero-order valence-corrected chi connectivity index (χ0v) is 16.4. The molecule has 1 saturated heterocycles. The van der Waals surface area contributed by atoms with Gasteiger partial charge in [-0.1, -0.05) is 29.8 Å². The molecule has 6 nitrogen and oxygen atoms in total. The number of halogens is 1. The minimum Gasteiger partial charge on any atom is -0.507 e. The van der Waals surface area contributed by atoms with Crippen LogP contribution in [0.2, 0.25) is 5.02 Å². The third-order valence-electron chi connectivity index (χ3n) is 5.04. The average molecular weight is 403 g/mol. The van der Waals surface area contributed by atoms with Crippen molar-refractivity contribution in [1.29, 1.82) is 0 Å². The van der Waals surface area contributed by atoms with E-state index in [0.29, 0.717) is 30.5 Å². The van der Waals surface area contributed by atoms with Gasteiger partial charge < -0.3 is 20.5 Å². The van der Waals surface area contributed by atoms with Gasteiger partial charge in [0.05, 0.1) is 5.56 Å². The number of carbonyl (C=O) groups excluding carboxylic acids is 2. The van der Waals surface area contributed by atoms with Crippen LogP contribution in [0.25, 0.3) is 0 Å². The van der Waals surface area contributed by atoms with E-state index in [-0.39, 0.29) is 22.6 Å². The van der Waals surface area contributed by atoms with Crippen LogP contribution in [0.5, 0.6) is 5.75 Å². The summed E-state index contributed by atoms with van der Waals surface area (Å²) in [6.45, 7) is 2.92. The number of aromatic hydroxyl groups is 1. The summed E-state index contributed by atoms with van der Waals surface area (Å²) in [6.07, 6.45) is 1.46. The van der Waals surface area contributed by atoms with Crippen molar-refractivity contribution in [3.8, 4) is 5.75 Å². The van der Waals surface area contributed by atoms with Crippen LogP contribution in [-0.4, -0.2) is 36.7 Å². The van der Waals surface area contributed by atoms with E-state index in [0.717, 1.165) is 18.4 Å². The molecule has 1 fully saturated rings. The second-order valence-electron chi connectivity index (χ2n) is 6.97. The first-order chi connectivity index (χ1) is 13.4. The minimum atomic E-state index is -0.414.